The number of benzene rings is 2. The molecule has 3 aromatic rings. The van der Waals surface area contributed by atoms with Gasteiger partial charge < -0.3 is 14.9 Å². The number of carbonyl (C=O) groups is 2. The van der Waals surface area contributed by atoms with Crippen LogP contribution in [-0.2, 0) is 0 Å². The fourth-order valence-corrected chi connectivity index (χ4v) is 2.29. The minimum Gasteiger partial charge on any atom is -0.478 e. The maximum atomic E-state index is 12.9. The van der Waals surface area contributed by atoms with Gasteiger partial charge in [0, 0.05) is 16.7 Å². The number of nitrogens with zero attached hydrogens (tertiary/aromatic N) is 1. The number of hydrogen-bond donors (Lipinski definition) is 2. The van der Waals surface area contributed by atoms with Crippen LogP contribution in [0.3, 0.4) is 0 Å². The molecule has 1 aromatic heterocycles. The predicted octanol–water partition coefficient (Wildman–Crippen LogP) is 4.08. The van der Waals surface area contributed by atoms with E-state index in [0.29, 0.717) is 5.56 Å². The molecule has 2 N–H and O–H groups in total. The van der Waals surface area contributed by atoms with Gasteiger partial charge in [0.1, 0.15) is 5.82 Å². The molecule has 0 spiro atoms. The van der Waals surface area contributed by atoms with Gasteiger partial charge in [-0.05, 0) is 42.5 Å². The van der Waals surface area contributed by atoms with Crippen molar-refractivity contribution in [3.8, 4) is 11.3 Å². The minimum absolute atomic E-state index is 0.0504. The number of amides is 1. The molecule has 8 heteroatoms. The summed E-state index contributed by atoms with van der Waals surface area (Å²) in [6.07, 6.45) is 0. The molecule has 6 nitrogen and oxygen atoms in total. The average molecular weight is 361 g/mol. The van der Waals surface area contributed by atoms with E-state index >= 15 is 0 Å². The molecule has 0 atom stereocenters. The summed E-state index contributed by atoms with van der Waals surface area (Å²) in [7, 11) is 0. The Kier molecular flexibility index (Phi) is 4.49. The highest BCUT2D eigenvalue weighted by Crippen LogP contribution is 2.23. The molecule has 0 unspecified atom stereocenters. The summed E-state index contributed by atoms with van der Waals surface area (Å²) in [6.45, 7) is 0. The van der Waals surface area contributed by atoms with Crippen LogP contribution in [0.2, 0.25) is 5.02 Å². The molecule has 3 rings (SSSR count). The lowest BCUT2D eigenvalue weighted by atomic mass is 10.1. The summed E-state index contributed by atoms with van der Waals surface area (Å²) >= 11 is 5.77. The maximum absolute atomic E-state index is 12.9. The van der Waals surface area contributed by atoms with Crippen molar-refractivity contribution in [2.45, 2.75) is 0 Å². The lowest BCUT2D eigenvalue weighted by Crippen LogP contribution is -2.15. The van der Waals surface area contributed by atoms with Crippen LogP contribution >= 0.6 is 11.6 Å². The first-order valence-corrected chi connectivity index (χ1v) is 7.38. The smallest absolute Gasteiger partial charge is 0.337 e. The highest BCUT2D eigenvalue weighted by atomic mass is 35.5. The Morgan fingerprint density at radius 3 is 2.52 bits per heavy atom. The summed E-state index contributed by atoms with van der Waals surface area (Å²) in [5, 5.41) is 15.5. The van der Waals surface area contributed by atoms with Gasteiger partial charge in [-0.2, -0.15) is 0 Å². The quantitative estimate of drug-likeness (QED) is 0.731. The van der Waals surface area contributed by atoms with Gasteiger partial charge in [-0.3, -0.25) is 4.79 Å². The second-order valence-corrected chi connectivity index (χ2v) is 5.47. The number of rotatable bonds is 4. The molecular formula is C17H10ClFN2O4. The summed E-state index contributed by atoms with van der Waals surface area (Å²) < 4.78 is 18.0. The molecule has 1 heterocycles. The standard InChI is InChI=1S/C17H10ClFN2O4/c18-10-3-6-13(12(7-10)17(23)24)20-16(22)14-8-15(25-21-14)9-1-4-11(19)5-2-9/h1-8H,(H,20,22)(H,23,24). The first kappa shape index (κ1) is 16.7. The Morgan fingerprint density at radius 2 is 1.84 bits per heavy atom. The third-order valence-corrected chi connectivity index (χ3v) is 3.57. The molecule has 0 aliphatic heterocycles. The molecule has 0 saturated heterocycles. The number of halogens is 2. The van der Waals surface area contributed by atoms with Crippen LogP contribution in [0.4, 0.5) is 10.1 Å². The molecule has 126 valence electrons. The molecule has 25 heavy (non-hydrogen) atoms. The van der Waals surface area contributed by atoms with Gasteiger partial charge in [0.25, 0.3) is 5.91 Å². The van der Waals surface area contributed by atoms with Crippen molar-refractivity contribution in [2.75, 3.05) is 5.32 Å². The molecule has 1 amide bonds. The Morgan fingerprint density at radius 1 is 1.12 bits per heavy atom. The lowest BCUT2D eigenvalue weighted by molar-refractivity contribution is 0.0698. The number of nitrogens with one attached hydrogen (secondary N) is 1. The summed E-state index contributed by atoms with van der Waals surface area (Å²) in [5.41, 5.74) is 0.424. The monoisotopic (exact) mass is 360 g/mol. The van der Waals surface area contributed by atoms with E-state index in [4.69, 9.17) is 16.1 Å². The van der Waals surface area contributed by atoms with Gasteiger partial charge in [-0.25, -0.2) is 9.18 Å². The predicted molar refractivity (Wildman–Crippen MR) is 88.3 cm³/mol. The van der Waals surface area contributed by atoms with Crippen molar-refractivity contribution in [3.63, 3.8) is 0 Å². The SMILES string of the molecule is O=C(Nc1ccc(Cl)cc1C(=O)O)c1cc(-c2ccc(F)cc2)on1. The second kappa shape index (κ2) is 6.74. The normalized spacial score (nSPS) is 10.5. The molecule has 0 aliphatic carbocycles. The topological polar surface area (TPSA) is 92.4 Å². The fourth-order valence-electron chi connectivity index (χ4n) is 2.12. The van der Waals surface area contributed by atoms with Crippen molar-refractivity contribution in [1.29, 1.82) is 0 Å². The molecule has 0 radical (unpaired) electrons. The van der Waals surface area contributed by atoms with Gasteiger partial charge in [-0.15, -0.1) is 0 Å². The Labute approximate surface area is 145 Å². The molecule has 0 aliphatic rings. The van der Waals surface area contributed by atoms with E-state index in [2.05, 4.69) is 10.5 Å². The lowest BCUT2D eigenvalue weighted by Gasteiger charge is -2.07. The molecule has 0 fully saturated rings. The van der Waals surface area contributed by atoms with Gasteiger partial charge in [0.05, 0.1) is 11.3 Å². The largest absolute Gasteiger partial charge is 0.478 e. The Balaban J connectivity index is 1.83. The van der Waals surface area contributed by atoms with Crippen LogP contribution in [0.5, 0.6) is 0 Å². The van der Waals surface area contributed by atoms with Gasteiger partial charge >= 0.3 is 5.97 Å². The van der Waals surface area contributed by atoms with E-state index in [1.165, 1.54) is 48.5 Å². The minimum atomic E-state index is -1.23. The zero-order valence-electron chi connectivity index (χ0n) is 12.5. The van der Waals surface area contributed by atoms with E-state index < -0.39 is 17.7 Å². The van der Waals surface area contributed by atoms with Gasteiger partial charge in [-0.1, -0.05) is 16.8 Å². The Bertz CT molecular complexity index is 954. The molecule has 0 saturated carbocycles. The molecule has 0 bridgehead atoms. The number of aromatic nitrogens is 1. The first-order chi connectivity index (χ1) is 11.9. The van der Waals surface area contributed by atoms with Crippen LogP contribution in [-0.4, -0.2) is 22.1 Å². The first-order valence-electron chi connectivity index (χ1n) is 7.01. The number of carboxylic acids is 1. The fraction of sp³-hybridized carbons (Fsp3) is 0. The second-order valence-electron chi connectivity index (χ2n) is 5.03. The summed E-state index contributed by atoms with van der Waals surface area (Å²) in [4.78, 5) is 23.5. The van der Waals surface area contributed by atoms with Gasteiger partial charge in [0.2, 0.25) is 0 Å². The van der Waals surface area contributed by atoms with Crippen LogP contribution in [0.15, 0.2) is 53.1 Å². The van der Waals surface area contributed by atoms with Crippen LogP contribution in [0.1, 0.15) is 20.8 Å². The van der Waals surface area contributed by atoms with E-state index in [1.54, 1.807) is 0 Å². The van der Waals surface area contributed by atoms with E-state index in [-0.39, 0.29) is 27.7 Å². The number of carboxylic acid groups (broad SMARTS) is 1. The zero-order chi connectivity index (χ0) is 18.0. The zero-order valence-corrected chi connectivity index (χ0v) is 13.2. The van der Waals surface area contributed by atoms with Gasteiger partial charge in [0.15, 0.2) is 11.5 Å². The van der Waals surface area contributed by atoms with Crippen molar-refractivity contribution in [3.05, 3.63) is 70.6 Å². The third-order valence-electron chi connectivity index (χ3n) is 3.33. The summed E-state index contributed by atoms with van der Waals surface area (Å²) in [5.74, 6) is -2.00. The third kappa shape index (κ3) is 3.67. The Hall–Kier alpha value is -3.19. The molecular weight excluding hydrogens is 351 g/mol. The van der Waals surface area contributed by atoms with E-state index in [1.807, 2.05) is 0 Å². The summed E-state index contributed by atoms with van der Waals surface area (Å²) in [6, 6.07) is 10.9. The van der Waals surface area contributed by atoms with E-state index in [9.17, 15) is 19.1 Å². The highest BCUT2D eigenvalue weighted by Gasteiger charge is 2.17. The van der Waals surface area contributed by atoms with Crippen molar-refractivity contribution in [1.82, 2.24) is 5.16 Å². The van der Waals surface area contributed by atoms with Crippen molar-refractivity contribution < 1.29 is 23.6 Å². The average Bonchev–Trinajstić information content (AvgIpc) is 3.07. The highest BCUT2D eigenvalue weighted by molar-refractivity contribution is 6.31. The van der Waals surface area contributed by atoms with E-state index in [0.717, 1.165) is 0 Å². The molecule has 2 aromatic carbocycles. The van der Waals surface area contributed by atoms with Crippen molar-refractivity contribution in [2.24, 2.45) is 0 Å². The van der Waals surface area contributed by atoms with Crippen molar-refractivity contribution >= 4 is 29.2 Å². The number of anilines is 1. The van der Waals surface area contributed by atoms with Crippen LogP contribution < -0.4 is 5.32 Å². The number of hydrogen-bond acceptors (Lipinski definition) is 4. The maximum Gasteiger partial charge on any atom is 0.337 e. The number of aromatic carboxylic acids is 1. The van der Waals surface area contributed by atoms with Crippen LogP contribution in [0, 0.1) is 5.82 Å². The van der Waals surface area contributed by atoms with Crippen LogP contribution in [0.25, 0.3) is 11.3 Å². The number of carbonyl (C=O) groups excluding carboxylic acids is 1.